The van der Waals surface area contributed by atoms with Gasteiger partial charge in [0.1, 0.15) is 0 Å². The zero-order valence-electron chi connectivity index (χ0n) is 45.6. The Labute approximate surface area is 424 Å². The summed E-state index contributed by atoms with van der Waals surface area (Å²) in [5.41, 5.74) is 0. The van der Waals surface area contributed by atoms with Gasteiger partial charge in [-0.25, -0.2) is 0 Å². The van der Waals surface area contributed by atoms with Crippen LogP contribution in [0, 0.1) is 0 Å². The molecule has 6 nitrogen and oxygen atoms in total. The minimum Gasteiger partial charge on any atom is -0.466 e. The fourth-order valence-electron chi connectivity index (χ4n) is 9.21. The van der Waals surface area contributed by atoms with Crippen molar-refractivity contribution in [3.05, 3.63) is 36.5 Å². The van der Waals surface area contributed by atoms with Gasteiger partial charge < -0.3 is 20.3 Å². The number of aliphatic hydroxyl groups is 2. The number of carbonyl (C=O) groups is 2. The van der Waals surface area contributed by atoms with Gasteiger partial charge in [-0.15, -0.1) is 0 Å². The maximum atomic E-state index is 12.4. The summed E-state index contributed by atoms with van der Waals surface area (Å²) in [6, 6.07) is -0.626. The van der Waals surface area contributed by atoms with E-state index in [1.807, 2.05) is 6.08 Å². The van der Waals surface area contributed by atoms with Gasteiger partial charge in [0.15, 0.2) is 0 Å². The first-order chi connectivity index (χ1) is 33.5. The smallest absolute Gasteiger partial charge is 0.305 e. The monoisotopic (exact) mass is 956 g/mol. The summed E-state index contributed by atoms with van der Waals surface area (Å²) in [6.07, 6.45) is 71.9. The second-order valence-electron chi connectivity index (χ2n) is 20.7. The lowest BCUT2D eigenvalue weighted by Gasteiger charge is -2.20. The number of nitrogens with one attached hydrogen (secondary N) is 1. The Hall–Kier alpha value is -1.92. The van der Waals surface area contributed by atoms with Crippen molar-refractivity contribution in [3.8, 4) is 0 Å². The molecule has 68 heavy (non-hydrogen) atoms. The van der Waals surface area contributed by atoms with Crippen LogP contribution in [-0.4, -0.2) is 47.4 Å². The predicted molar refractivity (Wildman–Crippen MR) is 296 cm³/mol. The summed E-state index contributed by atoms with van der Waals surface area (Å²) in [5, 5.41) is 23.0. The molecular weight excluding hydrogens is 839 g/mol. The molecule has 0 saturated heterocycles. The van der Waals surface area contributed by atoms with E-state index in [9.17, 15) is 19.8 Å². The predicted octanol–water partition coefficient (Wildman–Crippen LogP) is 18.8. The zero-order valence-corrected chi connectivity index (χ0v) is 45.6. The molecular formula is C62H117NO5. The number of allylic oxidation sites excluding steroid dienone is 5. The number of unbranched alkanes of at least 4 members (excludes halogenated alkanes) is 41. The molecule has 0 bridgehead atoms. The molecule has 0 aliphatic rings. The van der Waals surface area contributed by atoms with Crippen molar-refractivity contribution in [2.24, 2.45) is 0 Å². The minimum absolute atomic E-state index is 0.00504. The molecule has 0 spiro atoms. The fraction of sp³-hybridized carbons (Fsp3) is 0.871. The molecule has 2 unspecified atom stereocenters. The summed E-state index contributed by atoms with van der Waals surface area (Å²) in [5.74, 6) is -0.0638. The van der Waals surface area contributed by atoms with Crippen LogP contribution >= 0.6 is 0 Å². The highest BCUT2D eigenvalue weighted by molar-refractivity contribution is 5.76. The van der Waals surface area contributed by atoms with Crippen LogP contribution in [0.1, 0.15) is 322 Å². The Kier molecular flexibility index (Phi) is 56.0. The molecule has 2 atom stereocenters. The Morgan fingerprint density at radius 2 is 0.691 bits per heavy atom. The van der Waals surface area contributed by atoms with Gasteiger partial charge in [-0.2, -0.15) is 0 Å². The molecule has 6 heteroatoms. The molecule has 3 N–H and O–H groups in total. The number of carbonyl (C=O) groups excluding carboxylic acids is 2. The van der Waals surface area contributed by atoms with Gasteiger partial charge >= 0.3 is 5.97 Å². The summed E-state index contributed by atoms with van der Waals surface area (Å²) >= 11 is 0. The summed E-state index contributed by atoms with van der Waals surface area (Å²) in [4.78, 5) is 24.4. The first kappa shape index (κ1) is 66.1. The summed E-state index contributed by atoms with van der Waals surface area (Å²) < 4.78 is 5.46. The molecule has 0 aromatic carbocycles. The molecule has 0 heterocycles. The van der Waals surface area contributed by atoms with E-state index in [1.54, 1.807) is 6.08 Å². The maximum Gasteiger partial charge on any atom is 0.305 e. The average molecular weight is 957 g/mol. The van der Waals surface area contributed by atoms with E-state index >= 15 is 0 Å². The fourth-order valence-corrected chi connectivity index (χ4v) is 9.21. The van der Waals surface area contributed by atoms with Crippen molar-refractivity contribution in [2.45, 2.75) is 334 Å². The third kappa shape index (κ3) is 53.4. The van der Waals surface area contributed by atoms with E-state index in [0.29, 0.717) is 19.4 Å². The third-order valence-electron chi connectivity index (χ3n) is 13.9. The first-order valence-corrected chi connectivity index (χ1v) is 30.3. The van der Waals surface area contributed by atoms with Crippen molar-refractivity contribution in [2.75, 3.05) is 13.2 Å². The first-order valence-electron chi connectivity index (χ1n) is 30.3. The molecule has 0 radical (unpaired) electrons. The molecule has 0 fully saturated rings. The van der Waals surface area contributed by atoms with E-state index in [4.69, 9.17) is 4.74 Å². The van der Waals surface area contributed by atoms with Gasteiger partial charge in [0, 0.05) is 12.8 Å². The lowest BCUT2D eigenvalue weighted by Crippen LogP contribution is -2.45. The highest BCUT2D eigenvalue weighted by atomic mass is 16.5. The average Bonchev–Trinajstić information content (AvgIpc) is 3.34. The highest BCUT2D eigenvalue weighted by Gasteiger charge is 2.18. The van der Waals surface area contributed by atoms with Crippen LogP contribution in [0.25, 0.3) is 0 Å². The standard InChI is InChI=1S/C62H117NO5/c1-3-5-7-9-11-13-15-36-40-44-48-52-56-62(67)68-57-53-49-45-41-37-33-31-29-27-25-23-21-19-17-16-18-20-22-24-26-28-30-32-35-39-43-47-51-55-61(66)63-59(58-64)60(65)54-50-46-42-38-34-14-12-10-8-6-4-2/h11,13,16-17,50,54,59-60,64-65H,3-10,12,14-15,18-49,51-53,55-58H2,1-2H3,(H,63,66)/b13-11-,17-16-,54-50+. The Balaban J connectivity index is 3.38. The van der Waals surface area contributed by atoms with E-state index in [1.165, 1.54) is 250 Å². The normalized spacial score (nSPS) is 12.8. The quantitative estimate of drug-likeness (QED) is 0.0321. The topological polar surface area (TPSA) is 95.9 Å². The van der Waals surface area contributed by atoms with Crippen molar-refractivity contribution in [3.63, 3.8) is 0 Å². The van der Waals surface area contributed by atoms with Gasteiger partial charge in [-0.05, 0) is 83.5 Å². The van der Waals surface area contributed by atoms with E-state index < -0.39 is 12.1 Å². The number of aliphatic hydroxyl groups excluding tert-OH is 2. The zero-order chi connectivity index (χ0) is 49.3. The van der Waals surface area contributed by atoms with Crippen molar-refractivity contribution >= 4 is 11.9 Å². The molecule has 0 aliphatic heterocycles. The number of esters is 1. The Morgan fingerprint density at radius 1 is 0.397 bits per heavy atom. The molecule has 0 saturated carbocycles. The van der Waals surface area contributed by atoms with Gasteiger partial charge in [0.05, 0.1) is 25.4 Å². The number of rotatable bonds is 56. The molecule has 0 aromatic rings. The van der Waals surface area contributed by atoms with Crippen LogP contribution in [0.15, 0.2) is 36.5 Å². The van der Waals surface area contributed by atoms with Gasteiger partial charge in [0.25, 0.3) is 0 Å². The molecule has 0 aromatic heterocycles. The van der Waals surface area contributed by atoms with Crippen LogP contribution in [0.4, 0.5) is 0 Å². The van der Waals surface area contributed by atoms with Crippen molar-refractivity contribution in [1.82, 2.24) is 5.32 Å². The Bertz CT molecular complexity index is 1100. The second-order valence-corrected chi connectivity index (χ2v) is 20.7. The lowest BCUT2D eigenvalue weighted by molar-refractivity contribution is -0.143. The van der Waals surface area contributed by atoms with E-state index in [-0.39, 0.29) is 18.5 Å². The minimum atomic E-state index is -0.843. The summed E-state index contributed by atoms with van der Waals surface area (Å²) in [6.45, 7) is 4.87. The van der Waals surface area contributed by atoms with Crippen molar-refractivity contribution < 1.29 is 24.5 Å². The van der Waals surface area contributed by atoms with Crippen molar-refractivity contribution in [1.29, 1.82) is 0 Å². The van der Waals surface area contributed by atoms with E-state index in [0.717, 1.165) is 44.9 Å². The molecule has 0 rings (SSSR count). The van der Waals surface area contributed by atoms with Crippen LogP contribution in [-0.2, 0) is 14.3 Å². The van der Waals surface area contributed by atoms with Gasteiger partial charge in [-0.1, -0.05) is 262 Å². The second kappa shape index (κ2) is 57.7. The summed E-state index contributed by atoms with van der Waals surface area (Å²) in [7, 11) is 0. The lowest BCUT2D eigenvalue weighted by atomic mass is 10.0. The maximum absolute atomic E-state index is 12.4. The van der Waals surface area contributed by atoms with E-state index in [2.05, 4.69) is 43.5 Å². The molecule has 0 aliphatic carbocycles. The molecule has 1 amide bonds. The van der Waals surface area contributed by atoms with Crippen LogP contribution in [0.5, 0.6) is 0 Å². The van der Waals surface area contributed by atoms with Crippen LogP contribution in [0.2, 0.25) is 0 Å². The SMILES string of the molecule is CCCCC/C=C\CCCCCCCC(=O)OCCCCCCCCCCCCCC/C=C\CCCCCCCCCCCCCCC(=O)NC(CO)C(O)/C=C/CCCCCCCCCCC. The van der Waals surface area contributed by atoms with Crippen LogP contribution in [0.3, 0.4) is 0 Å². The number of hydrogen-bond donors (Lipinski definition) is 3. The number of amides is 1. The largest absolute Gasteiger partial charge is 0.466 e. The number of hydrogen-bond acceptors (Lipinski definition) is 5. The highest BCUT2D eigenvalue weighted by Crippen LogP contribution is 2.17. The Morgan fingerprint density at radius 3 is 1.07 bits per heavy atom. The molecule has 400 valence electrons. The third-order valence-corrected chi connectivity index (χ3v) is 13.9. The van der Waals surface area contributed by atoms with Crippen LogP contribution < -0.4 is 5.32 Å². The van der Waals surface area contributed by atoms with Gasteiger partial charge in [0.2, 0.25) is 5.91 Å². The van der Waals surface area contributed by atoms with Gasteiger partial charge in [-0.3, -0.25) is 9.59 Å². The number of ether oxygens (including phenoxy) is 1.